The van der Waals surface area contributed by atoms with Crippen LogP contribution in [0.1, 0.15) is 27.9 Å². The van der Waals surface area contributed by atoms with Crippen LogP contribution in [0.5, 0.6) is 5.75 Å². The van der Waals surface area contributed by atoms with E-state index in [1.807, 2.05) is 24.3 Å². The van der Waals surface area contributed by atoms with Crippen LogP contribution >= 0.6 is 11.6 Å². The van der Waals surface area contributed by atoms with E-state index in [0.29, 0.717) is 16.3 Å². The van der Waals surface area contributed by atoms with Gasteiger partial charge in [-0.3, -0.25) is 4.79 Å². The molecule has 4 rings (SSSR count). The Morgan fingerprint density at radius 1 is 1.04 bits per heavy atom. The number of aryl methyl sites for hydroxylation is 1. The molecule has 0 unspecified atom stereocenters. The minimum Gasteiger partial charge on any atom is -0.494 e. The SMILES string of the molecule is COc1c(Cl)cccc1C(=O)Nc1ccc(-c2cccc3c2C=CCC3)cc1. The lowest BCUT2D eigenvalue weighted by Crippen LogP contribution is -2.13. The van der Waals surface area contributed by atoms with Crippen LogP contribution in [-0.2, 0) is 6.42 Å². The van der Waals surface area contributed by atoms with Crippen molar-refractivity contribution in [3.8, 4) is 16.9 Å². The number of anilines is 1. The first-order chi connectivity index (χ1) is 13.7. The Kier molecular flexibility index (Phi) is 5.18. The van der Waals surface area contributed by atoms with E-state index in [4.69, 9.17) is 16.3 Å². The molecule has 0 spiro atoms. The lowest BCUT2D eigenvalue weighted by Gasteiger charge is -2.15. The minimum atomic E-state index is -0.257. The third-order valence-electron chi connectivity index (χ3n) is 4.93. The van der Waals surface area contributed by atoms with Crippen LogP contribution in [0, 0.1) is 0 Å². The van der Waals surface area contributed by atoms with E-state index >= 15 is 0 Å². The van der Waals surface area contributed by atoms with Crippen molar-refractivity contribution in [1.29, 1.82) is 0 Å². The number of carbonyl (C=O) groups is 1. The Balaban J connectivity index is 1.58. The van der Waals surface area contributed by atoms with E-state index < -0.39 is 0 Å². The fourth-order valence-electron chi connectivity index (χ4n) is 3.55. The number of ether oxygens (including phenoxy) is 1. The third-order valence-corrected chi connectivity index (χ3v) is 5.23. The van der Waals surface area contributed by atoms with Gasteiger partial charge < -0.3 is 10.1 Å². The molecule has 3 nitrogen and oxygen atoms in total. The number of methoxy groups -OCH3 is 1. The van der Waals surface area contributed by atoms with Crippen LogP contribution in [0.3, 0.4) is 0 Å². The molecule has 3 aromatic carbocycles. The van der Waals surface area contributed by atoms with Gasteiger partial charge in [-0.05, 0) is 59.4 Å². The van der Waals surface area contributed by atoms with Gasteiger partial charge in [-0.25, -0.2) is 0 Å². The Morgan fingerprint density at radius 3 is 2.61 bits per heavy atom. The fourth-order valence-corrected chi connectivity index (χ4v) is 3.80. The van der Waals surface area contributed by atoms with Crippen LogP contribution < -0.4 is 10.1 Å². The number of hydrogen-bond acceptors (Lipinski definition) is 2. The standard InChI is InChI=1S/C24H20ClNO2/c1-28-23-21(10-5-11-22(23)25)24(27)26-18-14-12-17(13-15-18)20-9-4-7-16-6-2-3-8-19(16)20/h3-5,7-15H,2,6H2,1H3,(H,26,27). The Labute approximate surface area is 169 Å². The van der Waals surface area contributed by atoms with Gasteiger partial charge in [0.1, 0.15) is 5.75 Å². The number of hydrogen-bond donors (Lipinski definition) is 1. The molecular formula is C24H20ClNO2. The monoisotopic (exact) mass is 389 g/mol. The average molecular weight is 390 g/mol. The average Bonchev–Trinajstić information content (AvgIpc) is 2.73. The maximum atomic E-state index is 12.6. The molecule has 0 atom stereocenters. The summed E-state index contributed by atoms with van der Waals surface area (Å²) in [5.41, 5.74) is 6.13. The molecule has 0 bridgehead atoms. The summed E-state index contributed by atoms with van der Waals surface area (Å²) in [5.74, 6) is 0.119. The highest BCUT2D eigenvalue weighted by Gasteiger charge is 2.15. The topological polar surface area (TPSA) is 38.3 Å². The predicted molar refractivity (Wildman–Crippen MR) is 115 cm³/mol. The first-order valence-corrected chi connectivity index (χ1v) is 9.58. The number of fused-ring (bicyclic) bond motifs is 1. The maximum Gasteiger partial charge on any atom is 0.259 e. The van der Waals surface area contributed by atoms with Gasteiger partial charge in [0.2, 0.25) is 0 Å². The molecule has 1 N–H and O–H groups in total. The van der Waals surface area contributed by atoms with Crippen molar-refractivity contribution >= 4 is 29.3 Å². The molecule has 0 radical (unpaired) electrons. The number of nitrogens with one attached hydrogen (secondary N) is 1. The Morgan fingerprint density at radius 2 is 1.82 bits per heavy atom. The molecule has 0 saturated heterocycles. The number of amides is 1. The summed E-state index contributed by atoms with van der Waals surface area (Å²) in [5, 5.41) is 3.32. The predicted octanol–water partition coefficient (Wildman–Crippen LogP) is 6.23. The van der Waals surface area contributed by atoms with Gasteiger partial charge in [0, 0.05) is 5.69 Å². The Hall–Kier alpha value is -3.04. The van der Waals surface area contributed by atoms with E-state index in [0.717, 1.165) is 24.1 Å². The van der Waals surface area contributed by atoms with Crippen LogP contribution in [0.4, 0.5) is 5.69 Å². The molecule has 0 aromatic heterocycles. The smallest absolute Gasteiger partial charge is 0.259 e. The van der Waals surface area contributed by atoms with Crippen molar-refractivity contribution < 1.29 is 9.53 Å². The van der Waals surface area contributed by atoms with Crippen molar-refractivity contribution in [2.24, 2.45) is 0 Å². The highest BCUT2D eigenvalue weighted by molar-refractivity contribution is 6.32. The zero-order chi connectivity index (χ0) is 19.5. The molecule has 1 amide bonds. The molecule has 0 heterocycles. The summed E-state index contributed by atoms with van der Waals surface area (Å²) in [7, 11) is 1.50. The molecule has 0 aliphatic heterocycles. The van der Waals surface area contributed by atoms with E-state index in [1.165, 1.54) is 23.8 Å². The Bertz CT molecular complexity index is 1050. The first kappa shape index (κ1) is 18.3. The normalized spacial score (nSPS) is 12.4. The summed E-state index contributed by atoms with van der Waals surface area (Å²) in [6.07, 6.45) is 6.59. The number of halogens is 1. The van der Waals surface area contributed by atoms with Gasteiger partial charge in [0.25, 0.3) is 5.91 Å². The summed E-state index contributed by atoms with van der Waals surface area (Å²) >= 11 is 6.11. The summed E-state index contributed by atoms with van der Waals surface area (Å²) < 4.78 is 5.27. The number of rotatable bonds is 4. The lowest BCUT2D eigenvalue weighted by molar-refractivity contribution is 0.102. The van der Waals surface area contributed by atoms with Gasteiger partial charge in [0.05, 0.1) is 17.7 Å². The fraction of sp³-hybridized carbons (Fsp3) is 0.125. The van der Waals surface area contributed by atoms with Gasteiger partial charge in [-0.2, -0.15) is 0 Å². The molecular weight excluding hydrogens is 370 g/mol. The summed E-state index contributed by atoms with van der Waals surface area (Å²) in [6, 6.07) is 19.4. The molecule has 0 saturated carbocycles. The second-order valence-corrected chi connectivity index (χ2v) is 7.08. The highest BCUT2D eigenvalue weighted by Crippen LogP contribution is 2.32. The van der Waals surface area contributed by atoms with E-state index in [9.17, 15) is 4.79 Å². The number of para-hydroxylation sites is 1. The van der Waals surface area contributed by atoms with Crippen molar-refractivity contribution in [2.75, 3.05) is 12.4 Å². The van der Waals surface area contributed by atoms with Crippen molar-refractivity contribution in [2.45, 2.75) is 12.8 Å². The second-order valence-electron chi connectivity index (χ2n) is 6.67. The van der Waals surface area contributed by atoms with Crippen molar-refractivity contribution in [3.63, 3.8) is 0 Å². The molecule has 0 fully saturated rings. The second kappa shape index (κ2) is 7.91. The van der Waals surface area contributed by atoms with Gasteiger partial charge in [-0.15, -0.1) is 0 Å². The molecule has 1 aliphatic rings. The van der Waals surface area contributed by atoms with Crippen LogP contribution in [0.25, 0.3) is 17.2 Å². The van der Waals surface area contributed by atoms with E-state index in [-0.39, 0.29) is 5.91 Å². The van der Waals surface area contributed by atoms with Gasteiger partial charge in [-0.1, -0.05) is 60.2 Å². The van der Waals surface area contributed by atoms with Gasteiger partial charge >= 0.3 is 0 Å². The molecule has 3 aromatic rings. The van der Waals surface area contributed by atoms with Crippen LogP contribution in [-0.4, -0.2) is 13.0 Å². The van der Waals surface area contributed by atoms with Crippen molar-refractivity contribution in [3.05, 3.63) is 88.5 Å². The van der Waals surface area contributed by atoms with Crippen LogP contribution in [0.15, 0.2) is 66.7 Å². The zero-order valence-corrected chi connectivity index (χ0v) is 16.3. The number of carbonyl (C=O) groups excluding carboxylic acids is 1. The summed E-state index contributed by atoms with van der Waals surface area (Å²) in [6.45, 7) is 0. The molecule has 4 heteroatoms. The first-order valence-electron chi connectivity index (χ1n) is 9.20. The zero-order valence-electron chi connectivity index (χ0n) is 15.5. The third kappa shape index (κ3) is 3.54. The quantitative estimate of drug-likeness (QED) is 0.574. The van der Waals surface area contributed by atoms with Gasteiger partial charge in [0.15, 0.2) is 0 Å². The number of allylic oxidation sites excluding steroid dienone is 1. The van der Waals surface area contributed by atoms with Crippen molar-refractivity contribution in [1.82, 2.24) is 0 Å². The number of benzene rings is 3. The minimum absolute atomic E-state index is 0.257. The van der Waals surface area contributed by atoms with E-state index in [1.54, 1.807) is 18.2 Å². The molecule has 140 valence electrons. The highest BCUT2D eigenvalue weighted by atomic mass is 35.5. The summed E-state index contributed by atoms with van der Waals surface area (Å²) in [4.78, 5) is 12.6. The van der Waals surface area contributed by atoms with E-state index in [2.05, 4.69) is 35.7 Å². The largest absolute Gasteiger partial charge is 0.494 e. The molecule has 28 heavy (non-hydrogen) atoms. The van der Waals surface area contributed by atoms with Crippen LogP contribution in [0.2, 0.25) is 5.02 Å². The lowest BCUT2D eigenvalue weighted by atomic mass is 9.90. The molecule has 1 aliphatic carbocycles. The maximum absolute atomic E-state index is 12.6.